The van der Waals surface area contributed by atoms with Crippen LogP contribution < -0.4 is 0 Å². The molecule has 0 aromatic rings. The van der Waals surface area contributed by atoms with Crippen molar-refractivity contribution in [1.29, 1.82) is 0 Å². The molecule has 2 heteroatoms. The Hall–Kier alpha value is 0.430. The van der Waals surface area contributed by atoms with Gasteiger partial charge in [0.05, 0.1) is 6.61 Å². The molecule has 30 valence electrons. The van der Waals surface area contributed by atoms with Crippen molar-refractivity contribution in [3.8, 4) is 0 Å². The average Bonchev–Trinajstić information content (AvgIpc) is 1.38. The Morgan fingerprint density at radius 3 is 2.20 bits per heavy atom. The van der Waals surface area contributed by atoms with Crippen LogP contribution in [0.25, 0.3) is 0 Å². The highest BCUT2D eigenvalue weighted by Crippen LogP contribution is 1.96. The van der Waals surface area contributed by atoms with Crippen LogP contribution >= 0.6 is 22.6 Å². The zero-order valence-corrected chi connectivity index (χ0v) is 4.90. The number of rotatable bonds is 1. The third-order valence-corrected chi connectivity index (χ3v) is 0.513. The van der Waals surface area contributed by atoms with Crippen LogP contribution in [0.2, 0.25) is 0 Å². The molecule has 0 radical (unpaired) electrons. The van der Waals surface area contributed by atoms with Crippen LogP contribution in [0, 0.1) is 0 Å². The lowest BCUT2D eigenvalue weighted by molar-refractivity contribution is 0.341. The van der Waals surface area contributed by atoms with Gasteiger partial charge in [0.1, 0.15) is 0 Å². The van der Waals surface area contributed by atoms with Crippen molar-refractivity contribution < 1.29 is 5.11 Å². The van der Waals surface area contributed by atoms with E-state index >= 15 is 0 Å². The molecule has 1 N–H and O–H groups in total. The van der Waals surface area contributed by atoms with Gasteiger partial charge in [0.25, 0.3) is 0 Å². The highest BCUT2D eigenvalue weighted by Gasteiger charge is 1.71. The van der Waals surface area contributed by atoms with Crippen LogP contribution in [0.15, 0.2) is 10.2 Å². The molecule has 0 aromatic heterocycles. The number of aliphatic hydroxyl groups excluding tert-OH is 1. The molecule has 0 saturated heterocycles. The van der Waals surface area contributed by atoms with Gasteiger partial charge in [-0.1, -0.05) is 6.58 Å². The van der Waals surface area contributed by atoms with Gasteiger partial charge in [-0.15, -0.1) is 0 Å². The third kappa shape index (κ3) is 4.43. The fraction of sp³-hybridized carbons (Fsp3) is 0.333. The zero-order valence-electron chi connectivity index (χ0n) is 2.74. The summed E-state index contributed by atoms with van der Waals surface area (Å²) in [4.78, 5) is 0. The van der Waals surface area contributed by atoms with Crippen LogP contribution in [-0.4, -0.2) is 11.7 Å². The molecule has 0 bridgehead atoms. The normalized spacial score (nSPS) is 7.60. The van der Waals surface area contributed by atoms with Crippen molar-refractivity contribution in [3.63, 3.8) is 0 Å². The molecule has 0 aliphatic heterocycles. The van der Waals surface area contributed by atoms with Crippen LogP contribution in [0.3, 0.4) is 0 Å². The molecule has 0 unspecified atom stereocenters. The molecule has 5 heavy (non-hydrogen) atoms. The topological polar surface area (TPSA) is 20.2 Å². The van der Waals surface area contributed by atoms with Crippen molar-refractivity contribution in [1.82, 2.24) is 0 Å². The monoisotopic (exact) mass is 184 g/mol. The minimum absolute atomic E-state index is 0.0978. The van der Waals surface area contributed by atoms with Gasteiger partial charge in [0.15, 0.2) is 0 Å². The van der Waals surface area contributed by atoms with E-state index < -0.39 is 0 Å². The van der Waals surface area contributed by atoms with Gasteiger partial charge in [-0.3, -0.25) is 0 Å². The van der Waals surface area contributed by atoms with Gasteiger partial charge in [-0.05, 0) is 22.6 Å². The Bertz CT molecular complexity index is 42.2. The van der Waals surface area contributed by atoms with Crippen LogP contribution in [0.1, 0.15) is 0 Å². The van der Waals surface area contributed by atoms with Gasteiger partial charge < -0.3 is 5.11 Å². The first-order chi connectivity index (χ1) is 2.27. The molecule has 0 aliphatic carbocycles. The predicted octanol–water partition coefficient (Wildman–Crippen LogP) is 0.927. The number of hydrogen-bond donors (Lipinski definition) is 1. The molecular formula is C3H5IO. The maximum atomic E-state index is 8.04. The molecular weight excluding hydrogens is 179 g/mol. The maximum absolute atomic E-state index is 8.04. The summed E-state index contributed by atoms with van der Waals surface area (Å²) < 4.78 is 0.780. The van der Waals surface area contributed by atoms with Crippen molar-refractivity contribution >= 4 is 22.6 Å². The van der Waals surface area contributed by atoms with E-state index in [0.29, 0.717) is 0 Å². The first-order valence-corrected chi connectivity index (χ1v) is 2.29. The summed E-state index contributed by atoms with van der Waals surface area (Å²) in [5, 5.41) is 8.04. The second-order valence-electron chi connectivity index (χ2n) is 0.675. The first kappa shape index (κ1) is 5.43. The summed E-state index contributed by atoms with van der Waals surface area (Å²) in [5.41, 5.74) is 0. The highest BCUT2D eigenvalue weighted by atomic mass is 127. The Morgan fingerprint density at radius 1 is 2.00 bits per heavy atom. The quantitative estimate of drug-likeness (QED) is 0.601. The van der Waals surface area contributed by atoms with Crippen LogP contribution in [0.5, 0.6) is 0 Å². The predicted molar refractivity (Wildman–Crippen MR) is 30.2 cm³/mol. The minimum atomic E-state index is 0.0978. The van der Waals surface area contributed by atoms with E-state index in [2.05, 4.69) is 6.58 Å². The van der Waals surface area contributed by atoms with Crippen LogP contribution in [0.4, 0.5) is 0 Å². The number of aliphatic hydroxyl groups is 1. The minimum Gasteiger partial charge on any atom is -0.391 e. The lowest BCUT2D eigenvalue weighted by atomic mass is 10.7. The molecule has 0 amide bonds. The van der Waals surface area contributed by atoms with E-state index in [0.717, 1.165) is 3.58 Å². The van der Waals surface area contributed by atoms with Gasteiger partial charge in [0, 0.05) is 3.58 Å². The number of halogens is 1. The number of hydrogen-bond acceptors (Lipinski definition) is 1. The fourth-order valence-electron chi connectivity index (χ4n) is 0. The van der Waals surface area contributed by atoms with E-state index in [4.69, 9.17) is 5.11 Å². The smallest absolute Gasteiger partial charge is 0.0732 e. The summed E-state index contributed by atoms with van der Waals surface area (Å²) in [7, 11) is 0. The molecule has 0 aromatic carbocycles. The molecule has 0 spiro atoms. The van der Waals surface area contributed by atoms with Crippen molar-refractivity contribution in [3.05, 3.63) is 10.2 Å². The van der Waals surface area contributed by atoms with Crippen molar-refractivity contribution in [2.24, 2.45) is 0 Å². The summed E-state index contributed by atoms with van der Waals surface area (Å²) in [5.74, 6) is 0. The zero-order chi connectivity index (χ0) is 4.28. The maximum Gasteiger partial charge on any atom is 0.0732 e. The first-order valence-electron chi connectivity index (χ1n) is 1.21. The SMILES string of the molecule is C=C(I)CO. The van der Waals surface area contributed by atoms with E-state index in [-0.39, 0.29) is 6.61 Å². The van der Waals surface area contributed by atoms with E-state index in [1.54, 1.807) is 0 Å². The molecule has 0 fully saturated rings. The molecule has 0 heterocycles. The average molecular weight is 184 g/mol. The fourth-order valence-corrected chi connectivity index (χ4v) is 0. The molecule has 0 atom stereocenters. The van der Waals surface area contributed by atoms with Crippen molar-refractivity contribution in [2.45, 2.75) is 0 Å². The second-order valence-corrected chi connectivity index (χ2v) is 2.20. The lowest BCUT2D eigenvalue weighted by Gasteiger charge is -1.77. The summed E-state index contributed by atoms with van der Waals surface area (Å²) >= 11 is 1.96. The molecule has 1 nitrogen and oxygen atoms in total. The lowest BCUT2D eigenvalue weighted by Crippen LogP contribution is -1.72. The Morgan fingerprint density at radius 2 is 2.20 bits per heavy atom. The van der Waals surface area contributed by atoms with Gasteiger partial charge in [-0.2, -0.15) is 0 Å². The summed E-state index contributed by atoms with van der Waals surface area (Å²) in [6, 6.07) is 0. The third-order valence-electron chi connectivity index (χ3n) is 0.172. The van der Waals surface area contributed by atoms with Gasteiger partial charge in [0.2, 0.25) is 0 Å². The standard InChI is InChI=1S/C3H5IO/c1-3(4)2-5/h5H,1-2H2. The second kappa shape index (κ2) is 2.66. The Labute approximate surface area is 44.8 Å². The molecule has 0 rings (SSSR count). The molecule has 0 aliphatic rings. The largest absolute Gasteiger partial charge is 0.391 e. The van der Waals surface area contributed by atoms with Gasteiger partial charge >= 0.3 is 0 Å². The summed E-state index contributed by atoms with van der Waals surface area (Å²) in [6.45, 7) is 3.51. The van der Waals surface area contributed by atoms with Gasteiger partial charge in [-0.25, -0.2) is 0 Å². The van der Waals surface area contributed by atoms with E-state index in [1.165, 1.54) is 0 Å². The van der Waals surface area contributed by atoms with E-state index in [1.807, 2.05) is 22.6 Å². The van der Waals surface area contributed by atoms with Crippen LogP contribution in [-0.2, 0) is 0 Å². The van der Waals surface area contributed by atoms with E-state index in [9.17, 15) is 0 Å². The summed E-state index contributed by atoms with van der Waals surface area (Å²) in [6.07, 6.45) is 0. The highest BCUT2D eigenvalue weighted by molar-refractivity contribution is 14.1. The molecule has 0 saturated carbocycles. The Kier molecular flexibility index (Phi) is 2.88. The Balaban J connectivity index is 2.85. The van der Waals surface area contributed by atoms with Crippen molar-refractivity contribution in [2.75, 3.05) is 6.61 Å².